The highest BCUT2D eigenvalue weighted by Gasteiger charge is 2.05. The highest BCUT2D eigenvalue weighted by molar-refractivity contribution is 9.10. The SMILES string of the molecule is Cc1cc(NC=C(C#N)c2nn[nH]n2)ccc1Br. The Bertz CT molecular complexity index is 611. The van der Waals surface area contributed by atoms with Gasteiger partial charge in [0.2, 0.25) is 5.82 Å². The normalized spacial score (nSPS) is 11.1. The van der Waals surface area contributed by atoms with Crippen LogP contribution in [0.1, 0.15) is 11.4 Å². The van der Waals surface area contributed by atoms with Crippen LogP contribution in [0.2, 0.25) is 0 Å². The lowest BCUT2D eigenvalue weighted by atomic mass is 10.2. The molecule has 1 aromatic carbocycles. The number of tetrazole rings is 1. The van der Waals surface area contributed by atoms with Crippen LogP contribution in [0.4, 0.5) is 5.69 Å². The number of aryl methyl sites for hydroxylation is 1. The van der Waals surface area contributed by atoms with Crippen LogP contribution in [-0.2, 0) is 0 Å². The highest BCUT2D eigenvalue weighted by Crippen LogP contribution is 2.20. The third kappa shape index (κ3) is 2.73. The maximum absolute atomic E-state index is 8.99. The Balaban J connectivity index is 2.19. The number of hydrogen-bond donors (Lipinski definition) is 2. The van der Waals surface area contributed by atoms with Gasteiger partial charge in [0.15, 0.2) is 0 Å². The number of allylic oxidation sites excluding steroid dienone is 1. The third-order valence-electron chi connectivity index (χ3n) is 2.25. The molecule has 0 amide bonds. The Morgan fingerprint density at radius 3 is 3.00 bits per heavy atom. The molecule has 1 aromatic heterocycles. The van der Waals surface area contributed by atoms with Gasteiger partial charge in [-0.25, -0.2) is 0 Å². The quantitative estimate of drug-likeness (QED) is 0.849. The van der Waals surface area contributed by atoms with E-state index in [1.807, 2.05) is 31.2 Å². The van der Waals surface area contributed by atoms with E-state index < -0.39 is 0 Å². The number of aromatic nitrogens is 4. The molecule has 0 aliphatic rings. The van der Waals surface area contributed by atoms with Gasteiger partial charge in [-0.1, -0.05) is 15.9 Å². The first-order chi connectivity index (χ1) is 8.70. The van der Waals surface area contributed by atoms with Crippen molar-refractivity contribution in [2.45, 2.75) is 6.92 Å². The van der Waals surface area contributed by atoms with Crippen molar-refractivity contribution in [1.82, 2.24) is 20.6 Å². The van der Waals surface area contributed by atoms with Crippen LogP contribution >= 0.6 is 15.9 Å². The Morgan fingerprint density at radius 1 is 1.56 bits per heavy atom. The summed E-state index contributed by atoms with van der Waals surface area (Å²) >= 11 is 3.43. The number of nitriles is 1. The maximum Gasteiger partial charge on any atom is 0.216 e. The van der Waals surface area contributed by atoms with Gasteiger partial charge < -0.3 is 5.32 Å². The number of nitrogens with one attached hydrogen (secondary N) is 2. The van der Waals surface area contributed by atoms with Crippen LogP contribution in [-0.4, -0.2) is 20.6 Å². The molecule has 0 radical (unpaired) electrons. The Kier molecular flexibility index (Phi) is 3.69. The molecule has 18 heavy (non-hydrogen) atoms. The summed E-state index contributed by atoms with van der Waals surface area (Å²) in [5.41, 5.74) is 2.29. The summed E-state index contributed by atoms with van der Waals surface area (Å²) in [6.45, 7) is 1.99. The van der Waals surface area contributed by atoms with Crippen molar-refractivity contribution >= 4 is 27.2 Å². The number of H-pyrrole nitrogens is 1. The lowest BCUT2D eigenvalue weighted by molar-refractivity contribution is 0.881. The second-order valence-electron chi connectivity index (χ2n) is 3.51. The standard InChI is InChI=1S/C11H9BrN6/c1-7-4-9(2-3-10(7)12)14-6-8(5-13)11-15-17-18-16-11/h2-4,6,14H,1H3,(H,15,16,17,18). The minimum atomic E-state index is 0.263. The fourth-order valence-electron chi connectivity index (χ4n) is 1.31. The van der Waals surface area contributed by atoms with Crippen molar-refractivity contribution < 1.29 is 0 Å². The summed E-state index contributed by atoms with van der Waals surface area (Å²) in [6, 6.07) is 7.81. The largest absolute Gasteiger partial charge is 0.360 e. The van der Waals surface area contributed by atoms with Crippen LogP contribution < -0.4 is 5.32 Å². The predicted octanol–water partition coefficient (Wildman–Crippen LogP) is 2.25. The zero-order valence-electron chi connectivity index (χ0n) is 9.48. The van der Waals surface area contributed by atoms with E-state index in [-0.39, 0.29) is 5.82 Å². The van der Waals surface area contributed by atoms with Gasteiger partial charge >= 0.3 is 0 Å². The molecule has 6 nitrogen and oxygen atoms in total. The van der Waals surface area contributed by atoms with E-state index in [2.05, 4.69) is 41.9 Å². The second kappa shape index (κ2) is 5.42. The maximum atomic E-state index is 8.99. The molecule has 2 rings (SSSR count). The number of hydrogen-bond acceptors (Lipinski definition) is 5. The summed E-state index contributed by atoms with van der Waals surface area (Å²) in [5.74, 6) is 0.263. The van der Waals surface area contributed by atoms with E-state index in [4.69, 9.17) is 5.26 Å². The van der Waals surface area contributed by atoms with Gasteiger partial charge in [-0.2, -0.15) is 10.5 Å². The van der Waals surface area contributed by atoms with Gasteiger partial charge in [-0.05, 0) is 35.9 Å². The highest BCUT2D eigenvalue weighted by atomic mass is 79.9. The molecule has 0 aliphatic heterocycles. The Labute approximate surface area is 112 Å². The lowest BCUT2D eigenvalue weighted by Gasteiger charge is -2.04. The van der Waals surface area contributed by atoms with E-state index >= 15 is 0 Å². The fraction of sp³-hybridized carbons (Fsp3) is 0.0909. The van der Waals surface area contributed by atoms with Crippen LogP contribution in [0.5, 0.6) is 0 Å². The van der Waals surface area contributed by atoms with E-state index in [1.54, 1.807) is 6.20 Å². The van der Waals surface area contributed by atoms with Crippen LogP contribution in [0.25, 0.3) is 5.57 Å². The first-order valence-electron chi connectivity index (χ1n) is 5.07. The number of benzene rings is 1. The molecule has 7 heteroatoms. The molecule has 0 aliphatic carbocycles. The average molecular weight is 305 g/mol. The van der Waals surface area contributed by atoms with Gasteiger partial charge in [0.1, 0.15) is 11.6 Å². The summed E-state index contributed by atoms with van der Waals surface area (Å²) in [6.07, 6.45) is 1.55. The van der Waals surface area contributed by atoms with Crippen molar-refractivity contribution in [3.8, 4) is 6.07 Å². The zero-order chi connectivity index (χ0) is 13.0. The first-order valence-corrected chi connectivity index (χ1v) is 5.87. The molecule has 0 atom stereocenters. The number of nitrogens with zero attached hydrogens (tertiary/aromatic N) is 4. The van der Waals surface area contributed by atoms with Gasteiger partial charge in [0, 0.05) is 16.4 Å². The fourth-order valence-corrected chi connectivity index (χ4v) is 1.56. The summed E-state index contributed by atoms with van der Waals surface area (Å²) in [4.78, 5) is 0. The smallest absolute Gasteiger partial charge is 0.216 e. The van der Waals surface area contributed by atoms with Crippen molar-refractivity contribution in [1.29, 1.82) is 5.26 Å². The number of rotatable bonds is 3. The van der Waals surface area contributed by atoms with Crippen molar-refractivity contribution in [3.05, 3.63) is 40.3 Å². The molecule has 0 saturated carbocycles. The van der Waals surface area contributed by atoms with Crippen molar-refractivity contribution in [2.24, 2.45) is 0 Å². The molecule has 0 fully saturated rings. The lowest BCUT2D eigenvalue weighted by Crippen LogP contribution is -1.93. The van der Waals surface area contributed by atoms with Gasteiger partial charge in [-0.3, -0.25) is 0 Å². The van der Waals surface area contributed by atoms with Crippen molar-refractivity contribution in [3.63, 3.8) is 0 Å². The third-order valence-corrected chi connectivity index (χ3v) is 3.14. The van der Waals surface area contributed by atoms with Gasteiger partial charge in [0.05, 0.1) is 0 Å². The van der Waals surface area contributed by atoms with Crippen LogP contribution in [0, 0.1) is 18.3 Å². The molecule has 1 heterocycles. The van der Waals surface area contributed by atoms with Crippen LogP contribution in [0.3, 0.4) is 0 Å². The number of aromatic amines is 1. The number of halogens is 1. The minimum absolute atomic E-state index is 0.263. The van der Waals surface area contributed by atoms with Gasteiger partial charge in [-0.15, -0.1) is 10.2 Å². The molecule has 2 N–H and O–H groups in total. The summed E-state index contributed by atoms with van der Waals surface area (Å²) < 4.78 is 1.04. The summed E-state index contributed by atoms with van der Waals surface area (Å²) in [7, 11) is 0. The van der Waals surface area contributed by atoms with Crippen LogP contribution in [0.15, 0.2) is 28.9 Å². The molecular formula is C11H9BrN6. The molecule has 0 bridgehead atoms. The van der Waals surface area contributed by atoms with E-state index in [9.17, 15) is 0 Å². The Morgan fingerprint density at radius 2 is 2.39 bits per heavy atom. The minimum Gasteiger partial charge on any atom is -0.360 e. The molecular weight excluding hydrogens is 296 g/mol. The first kappa shape index (κ1) is 12.3. The van der Waals surface area contributed by atoms with Crippen molar-refractivity contribution in [2.75, 3.05) is 5.32 Å². The van der Waals surface area contributed by atoms with E-state index in [0.717, 1.165) is 15.7 Å². The second-order valence-corrected chi connectivity index (χ2v) is 4.37. The monoisotopic (exact) mass is 304 g/mol. The molecule has 0 saturated heterocycles. The van der Waals surface area contributed by atoms with E-state index in [1.165, 1.54) is 0 Å². The summed E-state index contributed by atoms with van der Waals surface area (Å²) in [5, 5.41) is 25.2. The molecule has 0 unspecified atom stereocenters. The average Bonchev–Trinajstić information content (AvgIpc) is 2.88. The topological polar surface area (TPSA) is 90.3 Å². The molecule has 0 spiro atoms. The number of anilines is 1. The Hall–Kier alpha value is -2.20. The molecule has 90 valence electrons. The molecule has 2 aromatic rings. The zero-order valence-corrected chi connectivity index (χ0v) is 11.1. The predicted molar refractivity (Wildman–Crippen MR) is 70.3 cm³/mol. The van der Waals surface area contributed by atoms with Gasteiger partial charge in [0.25, 0.3) is 0 Å². The van der Waals surface area contributed by atoms with E-state index in [0.29, 0.717) is 5.57 Å².